The molecule has 3 aromatic rings. The molecule has 0 aliphatic rings. The van der Waals surface area contributed by atoms with Crippen molar-refractivity contribution in [3.8, 4) is 0 Å². The minimum absolute atomic E-state index is 0.00593. The average molecular weight is 285 g/mol. The monoisotopic (exact) mass is 285 g/mol. The topological polar surface area (TPSA) is 42.2 Å². The second-order valence-electron chi connectivity index (χ2n) is 4.01. The van der Waals surface area contributed by atoms with E-state index in [4.69, 9.17) is 5.11 Å². The zero-order valence-electron chi connectivity index (χ0n) is 13.1. The van der Waals surface area contributed by atoms with Gasteiger partial charge in [0.05, 0.1) is 0 Å². The summed E-state index contributed by atoms with van der Waals surface area (Å²) in [4.78, 5) is 10.9. The van der Waals surface area contributed by atoms with Gasteiger partial charge in [-0.1, -0.05) is 64.1 Å². The average Bonchev–Trinajstić information content (AvgIpc) is 2.86. The van der Waals surface area contributed by atoms with Crippen LogP contribution in [0.5, 0.6) is 0 Å². The molecule has 3 heteroatoms. The van der Waals surface area contributed by atoms with Crippen LogP contribution < -0.4 is 0 Å². The molecule has 21 heavy (non-hydrogen) atoms. The highest BCUT2D eigenvalue weighted by Crippen LogP contribution is 2.28. The van der Waals surface area contributed by atoms with E-state index in [9.17, 15) is 4.79 Å². The molecule has 0 spiro atoms. The van der Waals surface area contributed by atoms with Crippen molar-refractivity contribution < 1.29 is 9.90 Å². The number of hydrogen-bond acceptors (Lipinski definition) is 1. The number of carbonyl (C=O) groups is 1. The highest BCUT2D eigenvalue weighted by molar-refractivity contribution is 6.08. The summed E-state index contributed by atoms with van der Waals surface area (Å²) < 4.78 is 1.84. The molecule has 0 bridgehead atoms. The van der Waals surface area contributed by atoms with Gasteiger partial charge in [0.1, 0.15) is 6.54 Å². The number of carboxylic acids is 1. The fourth-order valence-electron chi connectivity index (χ4n) is 2.31. The van der Waals surface area contributed by atoms with Gasteiger partial charge in [0.25, 0.3) is 0 Å². The van der Waals surface area contributed by atoms with E-state index in [1.807, 2.05) is 80.8 Å². The van der Waals surface area contributed by atoms with Crippen molar-refractivity contribution in [3.63, 3.8) is 0 Å². The predicted octanol–water partition coefficient (Wildman–Crippen LogP) is 4.93. The van der Waals surface area contributed by atoms with Gasteiger partial charge in [-0.3, -0.25) is 4.79 Å². The van der Waals surface area contributed by atoms with Crippen molar-refractivity contribution in [2.75, 3.05) is 0 Å². The normalized spacial score (nSPS) is 9.52. The van der Waals surface area contributed by atoms with Crippen LogP contribution in [0.3, 0.4) is 0 Å². The molecule has 2 aromatic carbocycles. The van der Waals surface area contributed by atoms with Crippen molar-refractivity contribution >= 4 is 27.8 Å². The Morgan fingerprint density at radius 2 is 1.24 bits per heavy atom. The van der Waals surface area contributed by atoms with E-state index in [2.05, 4.69) is 0 Å². The number of benzene rings is 2. The van der Waals surface area contributed by atoms with Crippen molar-refractivity contribution in [1.29, 1.82) is 0 Å². The predicted molar refractivity (Wildman–Crippen MR) is 89.8 cm³/mol. The summed E-state index contributed by atoms with van der Waals surface area (Å²) >= 11 is 0. The first kappa shape index (κ1) is 16.8. The summed E-state index contributed by atoms with van der Waals surface area (Å²) in [5.74, 6) is -0.823. The van der Waals surface area contributed by atoms with E-state index in [0.717, 1.165) is 21.8 Å². The van der Waals surface area contributed by atoms with E-state index >= 15 is 0 Å². The van der Waals surface area contributed by atoms with Gasteiger partial charge in [-0.2, -0.15) is 0 Å². The molecule has 0 aliphatic heterocycles. The lowest BCUT2D eigenvalue weighted by Gasteiger charge is -2.02. The maximum atomic E-state index is 10.9. The van der Waals surface area contributed by atoms with E-state index < -0.39 is 5.97 Å². The third kappa shape index (κ3) is 3.43. The van der Waals surface area contributed by atoms with Crippen LogP contribution in [0.2, 0.25) is 0 Å². The fourth-order valence-corrected chi connectivity index (χ4v) is 2.31. The van der Waals surface area contributed by atoms with Crippen molar-refractivity contribution in [2.24, 2.45) is 0 Å². The van der Waals surface area contributed by atoms with Crippen molar-refractivity contribution in [3.05, 3.63) is 48.5 Å². The fraction of sp³-hybridized carbons (Fsp3) is 0.278. The molecule has 0 saturated heterocycles. The number of fused-ring (bicyclic) bond motifs is 3. The highest BCUT2D eigenvalue weighted by Gasteiger charge is 2.11. The Bertz CT molecular complexity index is 660. The van der Waals surface area contributed by atoms with Gasteiger partial charge in [-0.05, 0) is 12.1 Å². The summed E-state index contributed by atoms with van der Waals surface area (Å²) in [7, 11) is 0. The summed E-state index contributed by atoms with van der Waals surface area (Å²) in [6.45, 7) is 7.99. The molecule has 112 valence electrons. The Morgan fingerprint density at radius 1 is 0.857 bits per heavy atom. The van der Waals surface area contributed by atoms with Crippen LogP contribution in [0.15, 0.2) is 48.5 Å². The van der Waals surface area contributed by atoms with Crippen LogP contribution in [0, 0.1) is 0 Å². The first-order chi connectivity index (χ1) is 10.3. The number of aliphatic carboxylic acids is 1. The highest BCUT2D eigenvalue weighted by atomic mass is 16.4. The molecule has 1 N–H and O–H groups in total. The zero-order valence-corrected chi connectivity index (χ0v) is 13.1. The Kier molecular flexibility index (Phi) is 6.47. The number of aromatic nitrogens is 1. The number of hydrogen-bond donors (Lipinski definition) is 1. The standard InChI is InChI=1S/C14H11NO2.2C2H6/c16-14(17)9-15-12-7-3-1-5-10(12)11-6-2-4-8-13(11)15;2*1-2/h1-8H,9H2,(H,16,17);2*1-2H3. The van der Waals surface area contributed by atoms with Crippen LogP contribution >= 0.6 is 0 Å². The van der Waals surface area contributed by atoms with Gasteiger partial charge in [0.15, 0.2) is 0 Å². The Hall–Kier alpha value is -2.29. The summed E-state index contributed by atoms with van der Waals surface area (Å²) in [6, 6.07) is 15.8. The van der Waals surface area contributed by atoms with Crippen LogP contribution in [0.25, 0.3) is 21.8 Å². The largest absolute Gasteiger partial charge is 0.480 e. The van der Waals surface area contributed by atoms with Crippen molar-refractivity contribution in [1.82, 2.24) is 4.57 Å². The second-order valence-corrected chi connectivity index (χ2v) is 4.01. The smallest absolute Gasteiger partial charge is 0.323 e. The van der Waals surface area contributed by atoms with E-state index in [0.29, 0.717) is 0 Å². The van der Waals surface area contributed by atoms with Crippen LogP contribution in [-0.2, 0) is 11.3 Å². The van der Waals surface area contributed by atoms with Crippen LogP contribution in [-0.4, -0.2) is 15.6 Å². The molecule has 1 heterocycles. The molecule has 0 unspecified atom stereocenters. The molecular weight excluding hydrogens is 262 g/mol. The molecule has 1 aromatic heterocycles. The lowest BCUT2D eigenvalue weighted by molar-refractivity contribution is -0.137. The second kappa shape index (κ2) is 8.10. The third-order valence-corrected chi connectivity index (χ3v) is 2.97. The van der Waals surface area contributed by atoms with Crippen LogP contribution in [0.1, 0.15) is 27.7 Å². The number of carboxylic acid groups (broad SMARTS) is 1. The summed E-state index contributed by atoms with van der Waals surface area (Å²) in [5, 5.41) is 11.2. The maximum Gasteiger partial charge on any atom is 0.323 e. The Morgan fingerprint density at radius 3 is 1.62 bits per heavy atom. The van der Waals surface area contributed by atoms with Gasteiger partial charge in [0.2, 0.25) is 0 Å². The molecular formula is C18H23NO2. The summed E-state index contributed by atoms with van der Waals surface area (Å²) in [5.41, 5.74) is 1.94. The van der Waals surface area contributed by atoms with Gasteiger partial charge < -0.3 is 9.67 Å². The number of para-hydroxylation sites is 2. The lowest BCUT2D eigenvalue weighted by atomic mass is 10.2. The van der Waals surface area contributed by atoms with E-state index in [1.54, 1.807) is 0 Å². The summed E-state index contributed by atoms with van der Waals surface area (Å²) in [6.07, 6.45) is 0. The van der Waals surface area contributed by atoms with Gasteiger partial charge in [-0.25, -0.2) is 0 Å². The number of rotatable bonds is 2. The first-order valence-corrected chi connectivity index (χ1v) is 7.45. The molecule has 0 aliphatic carbocycles. The zero-order chi connectivity index (χ0) is 15.8. The molecule has 0 fully saturated rings. The SMILES string of the molecule is CC.CC.O=C(O)Cn1c2ccccc2c2ccccc21. The quantitative estimate of drug-likeness (QED) is 0.725. The van der Waals surface area contributed by atoms with Gasteiger partial charge >= 0.3 is 5.97 Å². The van der Waals surface area contributed by atoms with E-state index in [-0.39, 0.29) is 6.54 Å². The molecule has 3 nitrogen and oxygen atoms in total. The lowest BCUT2D eigenvalue weighted by Crippen LogP contribution is -2.07. The van der Waals surface area contributed by atoms with Gasteiger partial charge in [-0.15, -0.1) is 0 Å². The van der Waals surface area contributed by atoms with Crippen molar-refractivity contribution in [2.45, 2.75) is 34.2 Å². The third-order valence-electron chi connectivity index (χ3n) is 2.97. The molecule has 0 amide bonds. The number of nitrogens with zero attached hydrogens (tertiary/aromatic N) is 1. The van der Waals surface area contributed by atoms with Gasteiger partial charge in [0, 0.05) is 21.8 Å². The minimum Gasteiger partial charge on any atom is -0.480 e. The molecule has 3 rings (SSSR count). The molecule has 0 atom stereocenters. The molecule has 0 saturated carbocycles. The maximum absolute atomic E-state index is 10.9. The Balaban J connectivity index is 0.000000510. The molecule has 0 radical (unpaired) electrons. The Labute approximate surface area is 125 Å². The first-order valence-electron chi connectivity index (χ1n) is 7.45. The minimum atomic E-state index is -0.823. The van der Waals surface area contributed by atoms with Crippen LogP contribution in [0.4, 0.5) is 0 Å². The van der Waals surface area contributed by atoms with E-state index in [1.165, 1.54) is 0 Å².